The summed E-state index contributed by atoms with van der Waals surface area (Å²) in [6, 6.07) is 7.90. The van der Waals surface area contributed by atoms with Crippen LogP contribution in [-0.4, -0.2) is 39.9 Å². The molecular formula is C15H21N3OS2. The molecule has 0 aliphatic rings. The Morgan fingerprint density at radius 2 is 2.05 bits per heavy atom. The van der Waals surface area contributed by atoms with Gasteiger partial charge in [0.05, 0.1) is 17.1 Å². The number of imidazole rings is 1. The number of nitrogens with zero attached hydrogens (tertiary/aromatic N) is 1. The molecule has 1 atom stereocenters. The summed E-state index contributed by atoms with van der Waals surface area (Å²) in [4.78, 5) is 19.9. The Morgan fingerprint density at radius 3 is 2.76 bits per heavy atom. The van der Waals surface area contributed by atoms with Crippen molar-refractivity contribution in [2.45, 2.75) is 18.9 Å². The van der Waals surface area contributed by atoms with E-state index in [1.165, 1.54) is 0 Å². The average molecular weight is 323 g/mol. The monoisotopic (exact) mass is 323 g/mol. The van der Waals surface area contributed by atoms with E-state index in [9.17, 15) is 4.79 Å². The van der Waals surface area contributed by atoms with E-state index in [2.05, 4.69) is 21.5 Å². The Labute approximate surface area is 133 Å². The molecule has 6 heteroatoms. The van der Waals surface area contributed by atoms with Crippen molar-refractivity contribution in [1.82, 2.24) is 15.3 Å². The van der Waals surface area contributed by atoms with Crippen molar-refractivity contribution < 1.29 is 4.79 Å². The second kappa shape index (κ2) is 8.34. The minimum absolute atomic E-state index is 0.0424. The zero-order valence-electron chi connectivity index (χ0n) is 12.4. The number of thioether (sulfide) groups is 2. The number of aromatic amines is 1. The zero-order chi connectivity index (χ0) is 15.1. The van der Waals surface area contributed by atoms with E-state index in [1.807, 2.05) is 30.5 Å². The molecule has 4 nitrogen and oxygen atoms in total. The molecule has 21 heavy (non-hydrogen) atoms. The van der Waals surface area contributed by atoms with Crippen LogP contribution in [0.25, 0.3) is 11.0 Å². The van der Waals surface area contributed by atoms with Crippen molar-refractivity contribution in [3.05, 3.63) is 30.1 Å². The molecule has 0 saturated heterocycles. The largest absolute Gasteiger partial charge is 0.346 e. The number of para-hydroxylation sites is 2. The van der Waals surface area contributed by atoms with Gasteiger partial charge in [-0.1, -0.05) is 12.1 Å². The van der Waals surface area contributed by atoms with Crippen molar-refractivity contribution in [2.24, 2.45) is 0 Å². The first-order valence-corrected chi connectivity index (χ1v) is 9.75. The fraction of sp³-hybridized carbons (Fsp3) is 0.467. The predicted molar refractivity (Wildman–Crippen MR) is 93.0 cm³/mol. The molecule has 1 aromatic heterocycles. The van der Waals surface area contributed by atoms with Gasteiger partial charge in [0, 0.05) is 12.2 Å². The number of carbonyl (C=O) groups excluding carboxylic acids is 1. The molecule has 0 saturated carbocycles. The van der Waals surface area contributed by atoms with Gasteiger partial charge in [-0.2, -0.15) is 23.5 Å². The first kappa shape index (κ1) is 16.2. The maximum absolute atomic E-state index is 12.0. The number of amides is 1. The maximum atomic E-state index is 12.0. The number of hydrogen-bond donors (Lipinski definition) is 2. The lowest BCUT2D eigenvalue weighted by Gasteiger charge is -2.16. The van der Waals surface area contributed by atoms with Gasteiger partial charge in [-0.3, -0.25) is 4.79 Å². The quantitative estimate of drug-likeness (QED) is 0.783. The van der Waals surface area contributed by atoms with Crippen LogP contribution in [0.15, 0.2) is 24.3 Å². The van der Waals surface area contributed by atoms with Crippen LogP contribution in [0.1, 0.15) is 24.7 Å². The first-order valence-electron chi connectivity index (χ1n) is 6.96. The van der Waals surface area contributed by atoms with Crippen molar-refractivity contribution in [3.63, 3.8) is 0 Å². The van der Waals surface area contributed by atoms with Gasteiger partial charge in [-0.05, 0) is 36.8 Å². The fourth-order valence-corrected chi connectivity index (χ4v) is 2.97. The SMILES string of the molecule is CSCCC(=O)N[C@H](CCSC)c1nc2ccccc2[nH]1. The third-order valence-corrected chi connectivity index (χ3v) is 4.47. The molecule has 1 heterocycles. The fourth-order valence-electron chi connectivity index (χ4n) is 2.11. The topological polar surface area (TPSA) is 57.8 Å². The Kier molecular flexibility index (Phi) is 6.45. The van der Waals surface area contributed by atoms with Crippen LogP contribution < -0.4 is 5.32 Å². The van der Waals surface area contributed by atoms with Crippen molar-refractivity contribution in [3.8, 4) is 0 Å². The minimum Gasteiger partial charge on any atom is -0.346 e. The number of carbonyl (C=O) groups is 1. The van der Waals surface area contributed by atoms with Crippen LogP contribution in [0.3, 0.4) is 0 Å². The molecule has 0 aliphatic heterocycles. The smallest absolute Gasteiger partial charge is 0.221 e. The van der Waals surface area contributed by atoms with E-state index in [0.29, 0.717) is 6.42 Å². The van der Waals surface area contributed by atoms with Gasteiger partial charge in [-0.15, -0.1) is 0 Å². The second-order valence-electron chi connectivity index (χ2n) is 4.78. The number of nitrogens with one attached hydrogen (secondary N) is 2. The first-order chi connectivity index (χ1) is 10.2. The van der Waals surface area contributed by atoms with E-state index in [4.69, 9.17) is 0 Å². The van der Waals surface area contributed by atoms with E-state index in [-0.39, 0.29) is 11.9 Å². The summed E-state index contributed by atoms with van der Waals surface area (Å²) >= 11 is 3.47. The highest BCUT2D eigenvalue weighted by molar-refractivity contribution is 7.98. The molecular weight excluding hydrogens is 302 g/mol. The Morgan fingerprint density at radius 1 is 1.29 bits per heavy atom. The standard InChI is InChI=1S/C15H21N3OS2/c1-20-9-7-13(16-14(19)8-10-21-2)15-17-11-5-3-4-6-12(11)18-15/h3-6,13H,7-10H2,1-2H3,(H,16,19)(H,17,18)/t13-/m1/s1. The Bertz CT molecular complexity index is 552. The number of hydrogen-bond acceptors (Lipinski definition) is 4. The van der Waals surface area contributed by atoms with Crippen LogP contribution in [0.4, 0.5) is 0 Å². The number of aromatic nitrogens is 2. The summed E-state index contributed by atoms with van der Waals surface area (Å²) in [7, 11) is 0. The predicted octanol–water partition coefficient (Wildman–Crippen LogP) is 3.23. The zero-order valence-corrected chi connectivity index (χ0v) is 14.0. The lowest BCUT2D eigenvalue weighted by molar-refractivity contribution is -0.121. The molecule has 0 unspecified atom stereocenters. The van der Waals surface area contributed by atoms with Crippen LogP contribution in [0.2, 0.25) is 0 Å². The summed E-state index contributed by atoms with van der Waals surface area (Å²) < 4.78 is 0. The molecule has 0 fully saturated rings. The average Bonchev–Trinajstić information content (AvgIpc) is 2.93. The number of fused-ring (bicyclic) bond motifs is 1. The van der Waals surface area contributed by atoms with E-state index >= 15 is 0 Å². The molecule has 0 bridgehead atoms. The molecule has 0 spiro atoms. The van der Waals surface area contributed by atoms with Crippen molar-refractivity contribution in [2.75, 3.05) is 24.0 Å². The van der Waals surface area contributed by atoms with Gasteiger partial charge in [0.1, 0.15) is 5.82 Å². The van der Waals surface area contributed by atoms with Crippen LogP contribution in [0, 0.1) is 0 Å². The molecule has 2 rings (SSSR count). The van der Waals surface area contributed by atoms with E-state index in [0.717, 1.165) is 34.8 Å². The van der Waals surface area contributed by atoms with Gasteiger partial charge >= 0.3 is 0 Å². The highest BCUT2D eigenvalue weighted by Gasteiger charge is 2.17. The summed E-state index contributed by atoms with van der Waals surface area (Å²) in [5, 5.41) is 3.10. The lowest BCUT2D eigenvalue weighted by Crippen LogP contribution is -2.30. The summed E-state index contributed by atoms with van der Waals surface area (Å²) in [5.41, 5.74) is 1.96. The Balaban J connectivity index is 2.12. The van der Waals surface area contributed by atoms with Gasteiger partial charge in [-0.25, -0.2) is 4.98 Å². The molecule has 0 aliphatic carbocycles. The second-order valence-corrected chi connectivity index (χ2v) is 6.75. The third kappa shape index (κ3) is 4.68. The highest BCUT2D eigenvalue weighted by atomic mass is 32.2. The van der Waals surface area contributed by atoms with Crippen LogP contribution >= 0.6 is 23.5 Å². The molecule has 2 N–H and O–H groups in total. The number of rotatable bonds is 8. The van der Waals surface area contributed by atoms with Gasteiger partial charge in [0.25, 0.3) is 0 Å². The van der Waals surface area contributed by atoms with E-state index in [1.54, 1.807) is 23.5 Å². The normalized spacial score (nSPS) is 12.5. The summed E-state index contributed by atoms with van der Waals surface area (Å²) in [6.45, 7) is 0. The number of H-pyrrole nitrogens is 1. The van der Waals surface area contributed by atoms with Crippen LogP contribution in [-0.2, 0) is 4.79 Å². The maximum Gasteiger partial charge on any atom is 0.221 e. The van der Waals surface area contributed by atoms with Gasteiger partial charge in [0.15, 0.2) is 0 Å². The lowest BCUT2D eigenvalue weighted by atomic mass is 10.2. The van der Waals surface area contributed by atoms with Crippen molar-refractivity contribution in [1.29, 1.82) is 0 Å². The summed E-state index contributed by atoms with van der Waals surface area (Å²) in [5.74, 6) is 2.78. The minimum atomic E-state index is -0.0424. The molecule has 0 radical (unpaired) electrons. The van der Waals surface area contributed by atoms with Gasteiger partial charge in [0.2, 0.25) is 5.91 Å². The third-order valence-electron chi connectivity index (χ3n) is 3.22. The molecule has 114 valence electrons. The van der Waals surface area contributed by atoms with Crippen molar-refractivity contribution >= 4 is 40.5 Å². The molecule has 1 amide bonds. The van der Waals surface area contributed by atoms with Gasteiger partial charge < -0.3 is 10.3 Å². The highest BCUT2D eigenvalue weighted by Crippen LogP contribution is 2.20. The molecule has 2 aromatic rings. The van der Waals surface area contributed by atoms with Crippen LogP contribution in [0.5, 0.6) is 0 Å². The number of benzene rings is 1. The molecule has 1 aromatic carbocycles. The Hall–Kier alpha value is -1.14. The summed E-state index contributed by atoms with van der Waals surface area (Å²) in [6.07, 6.45) is 5.52. The van der Waals surface area contributed by atoms with E-state index < -0.39 is 0 Å².